The summed E-state index contributed by atoms with van der Waals surface area (Å²) < 4.78 is 12.1. The Balaban J connectivity index is 1.51. The van der Waals surface area contributed by atoms with Crippen LogP contribution in [-0.4, -0.2) is 30.2 Å². The molecule has 0 aromatic carbocycles. The van der Waals surface area contributed by atoms with Gasteiger partial charge in [-0.3, -0.25) is 0 Å². The number of hydrogen-bond acceptors (Lipinski definition) is 3. The van der Waals surface area contributed by atoms with Gasteiger partial charge >= 0.3 is 0 Å². The Labute approximate surface area is 157 Å². The molecule has 0 amide bonds. The van der Waals surface area contributed by atoms with Crippen LogP contribution in [0.2, 0.25) is 0 Å². The SMILES string of the molecule is C#CC[C@]12CCC3(CC1=CC[C@@H]1[C@@H]2CC[C@]2(C)C(O)CC[C@@H]12)OCCO3. The molecule has 3 heteroatoms. The Kier molecular flexibility index (Phi) is 3.88. The van der Waals surface area contributed by atoms with Crippen LogP contribution >= 0.6 is 0 Å². The molecule has 1 aliphatic heterocycles. The minimum atomic E-state index is -0.372. The van der Waals surface area contributed by atoms with Gasteiger partial charge in [-0.15, -0.1) is 12.3 Å². The Morgan fingerprint density at radius 1 is 1.15 bits per heavy atom. The van der Waals surface area contributed by atoms with Gasteiger partial charge in [-0.05, 0) is 61.7 Å². The summed E-state index contributed by atoms with van der Waals surface area (Å²) in [5, 5.41) is 10.6. The first-order valence-corrected chi connectivity index (χ1v) is 10.6. The second-order valence-electron chi connectivity index (χ2n) is 9.80. The fourth-order valence-corrected chi connectivity index (χ4v) is 7.64. The number of aliphatic hydroxyl groups excluding tert-OH is 1. The van der Waals surface area contributed by atoms with Crippen molar-refractivity contribution in [3.05, 3.63) is 11.6 Å². The minimum Gasteiger partial charge on any atom is -0.393 e. The molecular weight excluding hydrogens is 324 g/mol. The smallest absolute Gasteiger partial charge is 0.172 e. The van der Waals surface area contributed by atoms with Crippen LogP contribution in [0.5, 0.6) is 0 Å². The number of terminal acetylenes is 1. The Bertz CT molecular complexity index is 655. The molecule has 1 saturated heterocycles. The molecule has 5 aliphatic rings. The number of rotatable bonds is 1. The van der Waals surface area contributed by atoms with Crippen molar-refractivity contribution in [3.63, 3.8) is 0 Å². The maximum absolute atomic E-state index is 10.6. The summed E-state index contributed by atoms with van der Waals surface area (Å²) in [5.74, 6) is 4.68. The Hall–Kier alpha value is -0.820. The zero-order valence-electron chi connectivity index (χ0n) is 16.0. The third kappa shape index (κ3) is 2.19. The summed E-state index contributed by atoms with van der Waals surface area (Å²) in [6.07, 6.45) is 17.8. The first kappa shape index (κ1) is 17.3. The highest BCUT2D eigenvalue weighted by molar-refractivity contribution is 5.29. The molecule has 1 unspecified atom stereocenters. The molecule has 26 heavy (non-hydrogen) atoms. The van der Waals surface area contributed by atoms with Gasteiger partial charge < -0.3 is 14.6 Å². The van der Waals surface area contributed by atoms with Gasteiger partial charge in [0.05, 0.1) is 19.3 Å². The van der Waals surface area contributed by atoms with Crippen LogP contribution in [-0.2, 0) is 9.47 Å². The van der Waals surface area contributed by atoms with Gasteiger partial charge in [0.1, 0.15) is 0 Å². The molecule has 1 heterocycles. The molecule has 4 aliphatic carbocycles. The molecule has 1 N–H and O–H groups in total. The van der Waals surface area contributed by atoms with E-state index in [9.17, 15) is 5.11 Å². The van der Waals surface area contributed by atoms with Crippen LogP contribution in [0.4, 0.5) is 0 Å². The van der Waals surface area contributed by atoms with Gasteiger partial charge in [-0.2, -0.15) is 0 Å². The normalized spacial score (nSPS) is 49.0. The fourth-order valence-electron chi connectivity index (χ4n) is 7.64. The number of aliphatic hydroxyl groups is 1. The van der Waals surface area contributed by atoms with E-state index in [1.54, 1.807) is 0 Å². The van der Waals surface area contributed by atoms with Crippen molar-refractivity contribution in [1.82, 2.24) is 0 Å². The molecule has 142 valence electrons. The molecule has 0 radical (unpaired) electrons. The summed E-state index contributed by atoms with van der Waals surface area (Å²) in [5.41, 5.74) is 1.79. The molecule has 6 atom stereocenters. The molecule has 0 aromatic rings. The molecule has 0 aromatic heterocycles. The number of fused-ring (bicyclic) bond motifs is 5. The summed E-state index contributed by atoms with van der Waals surface area (Å²) >= 11 is 0. The Morgan fingerprint density at radius 3 is 2.73 bits per heavy atom. The molecule has 3 saturated carbocycles. The predicted molar refractivity (Wildman–Crippen MR) is 100 cm³/mol. The van der Waals surface area contributed by atoms with E-state index in [1.165, 1.54) is 18.4 Å². The van der Waals surface area contributed by atoms with E-state index in [0.717, 1.165) is 58.2 Å². The lowest BCUT2D eigenvalue weighted by atomic mass is 9.46. The average molecular weight is 357 g/mol. The lowest BCUT2D eigenvalue weighted by Gasteiger charge is -2.59. The van der Waals surface area contributed by atoms with E-state index in [0.29, 0.717) is 17.8 Å². The lowest BCUT2D eigenvalue weighted by molar-refractivity contribution is -0.187. The summed E-state index contributed by atoms with van der Waals surface area (Å²) in [6.45, 7) is 3.79. The zero-order chi connectivity index (χ0) is 18.0. The van der Waals surface area contributed by atoms with Crippen LogP contribution in [0.1, 0.15) is 64.7 Å². The maximum Gasteiger partial charge on any atom is 0.172 e. The summed E-state index contributed by atoms with van der Waals surface area (Å²) in [4.78, 5) is 0. The highest BCUT2D eigenvalue weighted by Crippen LogP contribution is 2.66. The van der Waals surface area contributed by atoms with Crippen molar-refractivity contribution in [2.75, 3.05) is 13.2 Å². The predicted octanol–water partition coefficient (Wildman–Crippen LogP) is 4.06. The number of ether oxygens (including phenoxy) is 2. The van der Waals surface area contributed by atoms with E-state index in [4.69, 9.17) is 15.9 Å². The summed E-state index contributed by atoms with van der Waals surface area (Å²) in [7, 11) is 0. The van der Waals surface area contributed by atoms with Crippen LogP contribution in [0.25, 0.3) is 0 Å². The third-order valence-corrected chi connectivity index (χ3v) is 9.02. The third-order valence-electron chi connectivity index (χ3n) is 9.02. The Morgan fingerprint density at radius 2 is 1.96 bits per heavy atom. The highest BCUT2D eigenvalue weighted by Gasteiger charge is 2.61. The van der Waals surface area contributed by atoms with E-state index in [-0.39, 0.29) is 22.7 Å². The van der Waals surface area contributed by atoms with Crippen LogP contribution in [0, 0.1) is 40.9 Å². The van der Waals surface area contributed by atoms with Gasteiger partial charge in [-0.25, -0.2) is 0 Å². The maximum atomic E-state index is 10.6. The van der Waals surface area contributed by atoms with E-state index >= 15 is 0 Å². The molecule has 4 fully saturated rings. The van der Waals surface area contributed by atoms with Crippen molar-refractivity contribution >= 4 is 0 Å². The molecule has 5 rings (SSSR count). The van der Waals surface area contributed by atoms with E-state index < -0.39 is 0 Å². The van der Waals surface area contributed by atoms with Gasteiger partial charge in [0, 0.05) is 24.7 Å². The van der Waals surface area contributed by atoms with Crippen molar-refractivity contribution in [3.8, 4) is 12.3 Å². The van der Waals surface area contributed by atoms with E-state index in [2.05, 4.69) is 18.9 Å². The van der Waals surface area contributed by atoms with Crippen LogP contribution in [0.3, 0.4) is 0 Å². The second kappa shape index (κ2) is 5.84. The van der Waals surface area contributed by atoms with Crippen LogP contribution in [0.15, 0.2) is 11.6 Å². The monoisotopic (exact) mass is 356 g/mol. The standard InChI is InChI=1S/C23H32O3/c1-3-9-22-11-12-23(25-13-14-26-23)15-16(22)4-5-17-18-6-7-20(24)21(18,2)10-8-19(17)22/h1,4,17-20,24H,5-15H2,2H3/t17-,18-,19-,20?,21-,22-/m0/s1. The highest BCUT2D eigenvalue weighted by atomic mass is 16.7. The fraction of sp³-hybridized carbons (Fsp3) is 0.826. The van der Waals surface area contributed by atoms with Gasteiger partial charge in [0.2, 0.25) is 0 Å². The quantitative estimate of drug-likeness (QED) is 0.569. The summed E-state index contributed by atoms with van der Waals surface area (Å²) in [6, 6.07) is 0. The first-order chi connectivity index (χ1) is 12.5. The van der Waals surface area contributed by atoms with Crippen molar-refractivity contribution < 1.29 is 14.6 Å². The topological polar surface area (TPSA) is 38.7 Å². The molecule has 1 spiro atoms. The second-order valence-corrected chi connectivity index (χ2v) is 9.80. The van der Waals surface area contributed by atoms with Crippen molar-refractivity contribution in [1.29, 1.82) is 0 Å². The molecular formula is C23H32O3. The molecule has 3 nitrogen and oxygen atoms in total. The largest absolute Gasteiger partial charge is 0.393 e. The average Bonchev–Trinajstić information content (AvgIpc) is 3.21. The number of allylic oxidation sites excluding steroid dienone is 1. The lowest BCUT2D eigenvalue weighted by Crippen LogP contribution is -2.53. The minimum absolute atomic E-state index is 0.114. The zero-order valence-corrected chi connectivity index (χ0v) is 16.0. The van der Waals surface area contributed by atoms with Crippen molar-refractivity contribution in [2.24, 2.45) is 28.6 Å². The first-order valence-electron chi connectivity index (χ1n) is 10.6. The van der Waals surface area contributed by atoms with E-state index in [1.807, 2.05) is 0 Å². The van der Waals surface area contributed by atoms with Gasteiger partial charge in [0.25, 0.3) is 0 Å². The van der Waals surface area contributed by atoms with Gasteiger partial charge in [0.15, 0.2) is 5.79 Å². The van der Waals surface area contributed by atoms with Crippen LogP contribution < -0.4 is 0 Å². The molecule has 0 bridgehead atoms. The van der Waals surface area contributed by atoms with Gasteiger partial charge in [-0.1, -0.05) is 18.6 Å². The van der Waals surface area contributed by atoms with Crippen molar-refractivity contribution in [2.45, 2.75) is 76.6 Å². The number of hydrogen-bond donors (Lipinski definition) is 1.